The molecule has 3 atom stereocenters. The van der Waals surface area contributed by atoms with Crippen LogP contribution in [0.25, 0.3) is 5.69 Å². The molecule has 0 saturated carbocycles. The number of carbonyl (C=O) groups excluding carboxylic acids is 1. The molecule has 1 aromatic carbocycles. The molecule has 2 aliphatic heterocycles. The van der Waals surface area contributed by atoms with Crippen molar-refractivity contribution in [3.8, 4) is 5.69 Å². The number of hydrogen-bond donors (Lipinski definition) is 1. The van der Waals surface area contributed by atoms with E-state index in [9.17, 15) is 9.18 Å². The van der Waals surface area contributed by atoms with Crippen LogP contribution in [0.4, 0.5) is 10.3 Å². The van der Waals surface area contributed by atoms with Crippen LogP contribution in [-0.2, 0) is 0 Å². The molecule has 2 aromatic heterocycles. The van der Waals surface area contributed by atoms with Gasteiger partial charge in [-0.1, -0.05) is 6.07 Å². The van der Waals surface area contributed by atoms with Crippen molar-refractivity contribution in [2.45, 2.75) is 37.4 Å². The highest BCUT2D eigenvalue weighted by Crippen LogP contribution is 2.40. The van der Waals surface area contributed by atoms with Crippen LogP contribution >= 0.6 is 15.9 Å². The molecule has 2 fully saturated rings. The van der Waals surface area contributed by atoms with Crippen LogP contribution in [0.1, 0.15) is 29.6 Å². The van der Waals surface area contributed by atoms with E-state index in [1.165, 1.54) is 18.5 Å². The Balaban J connectivity index is 1.43. The molecule has 0 radical (unpaired) electrons. The predicted molar refractivity (Wildman–Crippen MR) is 106 cm³/mol. The third-order valence-corrected chi connectivity index (χ3v) is 5.95. The summed E-state index contributed by atoms with van der Waals surface area (Å²) in [5.41, 5.74) is 0.341. The smallest absolute Gasteiger partial charge is 0.256 e. The van der Waals surface area contributed by atoms with Crippen molar-refractivity contribution in [1.29, 1.82) is 0 Å². The molecular weight excluding hydrogens is 441 g/mol. The minimum atomic E-state index is -0.531. The first kappa shape index (κ1) is 18.2. The van der Waals surface area contributed by atoms with Gasteiger partial charge >= 0.3 is 0 Å². The second-order valence-electron chi connectivity index (χ2n) is 7.18. The highest BCUT2D eigenvalue weighted by molar-refractivity contribution is 9.10. The molecule has 3 aromatic rings. The van der Waals surface area contributed by atoms with Crippen LogP contribution < -0.4 is 5.32 Å². The summed E-state index contributed by atoms with van der Waals surface area (Å²) in [5.74, 6) is -0.202. The van der Waals surface area contributed by atoms with Gasteiger partial charge in [0.15, 0.2) is 5.82 Å². The Morgan fingerprint density at radius 2 is 1.93 bits per heavy atom. The first-order chi connectivity index (χ1) is 14.1. The summed E-state index contributed by atoms with van der Waals surface area (Å²) >= 11 is 3.33. The number of rotatable bonds is 4. The SMILES string of the molecule is O=C(c1cccc(F)c1-n1nccn1)N1C2CCC1C(Nc1ncc(Br)cn1)C2. The molecule has 4 heterocycles. The van der Waals surface area contributed by atoms with E-state index in [4.69, 9.17) is 0 Å². The highest BCUT2D eigenvalue weighted by atomic mass is 79.9. The van der Waals surface area contributed by atoms with Gasteiger partial charge < -0.3 is 10.2 Å². The van der Waals surface area contributed by atoms with E-state index >= 15 is 0 Å². The van der Waals surface area contributed by atoms with Gasteiger partial charge in [0.1, 0.15) is 5.69 Å². The molecule has 0 spiro atoms. The zero-order valence-electron chi connectivity index (χ0n) is 15.2. The number of carbonyl (C=O) groups is 1. The molecule has 5 rings (SSSR count). The third-order valence-electron chi connectivity index (χ3n) is 5.54. The number of nitrogens with zero attached hydrogens (tertiary/aromatic N) is 6. The van der Waals surface area contributed by atoms with Crippen molar-refractivity contribution in [3.05, 3.63) is 58.8 Å². The van der Waals surface area contributed by atoms with Crippen LogP contribution in [0.2, 0.25) is 0 Å². The molecule has 29 heavy (non-hydrogen) atoms. The Bertz CT molecular complexity index is 1040. The van der Waals surface area contributed by atoms with Crippen molar-refractivity contribution in [1.82, 2.24) is 29.9 Å². The number of anilines is 1. The lowest BCUT2D eigenvalue weighted by atomic mass is 9.96. The largest absolute Gasteiger partial charge is 0.349 e. The molecular formula is C19H17BrFN7O. The molecule has 3 unspecified atom stereocenters. The molecule has 10 heteroatoms. The summed E-state index contributed by atoms with van der Waals surface area (Å²) in [5, 5.41) is 11.4. The molecule has 2 bridgehead atoms. The Morgan fingerprint density at radius 3 is 2.69 bits per heavy atom. The van der Waals surface area contributed by atoms with Crippen LogP contribution in [0.5, 0.6) is 0 Å². The van der Waals surface area contributed by atoms with Crippen LogP contribution in [-0.4, -0.2) is 53.9 Å². The van der Waals surface area contributed by atoms with Gasteiger partial charge in [-0.3, -0.25) is 4.79 Å². The van der Waals surface area contributed by atoms with Gasteiger partial charge in [-0.2, -0.15) is 10.2 Å². The maximum absolute atomic E-state index is 14.6. The van der Waals surface area contributed by atoms with Gasteiger partial charge in [-0.15, -0.1) is 4.80 Å². The molecule has 2 aliphatic rings. The summed E-state index contributed by atoms with van der Waals surface area (Å²) in [4.78, 5) is 25.0. The van der Waals surface area contributed by atoms with Gasteiger partial charge in [-0.25, -0.2) is 14.4 Å². The topological polar surface area (TPSA) is 88.8 Å². The summed E-state index contributed by atoms with van der Waals surface area (Å²) in [7, 11) is 0. The number of benzene rings is 1. The molecule has 8 nitrogen and oxygen atoms in total. The predicted octanol–water partition coefficient (Wildman–Crippen LogP) is 2.82. The number of para-hydroxylation sites is 1. The molecule has 1 amide bonds. The van der Waals surface area contributed by atoms with Crippen molar-refractivity contribution >= 4 is 27.8 Å². The number of hydrogen-bond acceptors (Lipinski definition) is 6. The van der Waals surface area contributed by atoms with E-state index in [2.05, 4.69) is 41.4 Å². The second kappa shape index (κ2) is 7.18. The Hall–Kier alpha value is -2.88. The monoisotopic (exact) mass is 457 g/mol. The van der Waals surface area contributed by atoms with E-state index < -0.39 is 5.82 Å². The van der Waals surface area contributed by atoms with Crippen molar-refractivity contribution in [2.75, 3.05) is 5.32 Å². The fraction of sp³-hybridized carbons (Fsp3) is 0.316. The van der Waals surface area contributed by atoms with E-state index in [-0.39, 0.29) is 35.3 Å². The minimum Gasteiger partial charge on any atom is -0.349 e. The summed E-state index contributed by atoms with van der Waals surface area (Å²) < 4.78 is 15.4. The summed E-state index contributed by atoms with van der Waals surface area (Å²) in [6, 6.07) is 4.63. The molecule has 0 aliphatic carbocycles. The minimum absolute atomic E-state index is 0.00134. The Labute approximate surface area is 174 Å². The molecule has 148 valence electrons. The Morgan fingerprint density at radius 1 is 1.17 bits per heavy atom. The molecule has 2 saturated heterocycles. The number of amides is 1. The lowest BCUT2D eigenvalue weighted by molar-refractivity contribution is 0.0726. The van der Waals surface area contributed by atoms with Gasteiger partial charge in [-0.05, 0) is 47.3 Å². The fourth-order valence-corrected chi connectivity index (χ4v) is 4.58. The van der Waals surface area contributed by atoms with Crippen molar-refractivity contribution in [3.63, 3.8) is 0 Å². The van der Waals surface area contributed by atoms with E-state index in [1.807, 2.05) is 4.90 Å². The lowest BCUT2D eigenvalue weighted by Gasteiger charge is -2.25. The number of fused-ring (bicyclic) bond motifs is 2. The van der Waals surface area contributed by atoms with E-state index in [1.54, 1.807) is 24.5 Å². The first-order valence-corrected chi connectivity index (χ1v) is 10.1. The van der Waals surface area contributed by atoms with Crippen molar-refractivity contribution < 1.29 is 9.18 Å². The normalized spacial score (nSPS) is 22.8. The average molecular weight is 458 g/mol. The maximum Gasteiger partial charge on any atom is 0.256 e. The van der Waals surface area contributed by atoms with Gasteiger partial charge in [0.2, 0.25) is 5.95 Å². The standard InChI is InChI=1S/C19H17BrFN7O/c20-11-9-22-19(23-10-11)26-15-8-12-4-5-16(15)27(12)18(29)13-2-1-3-14(21)17(13)28-24-6-7-25-28/h1-3,6-7,9-10,12,15-16H,4-5,8H2,(H,22,23,26). The highest BCUT2D eigenvalue weighted by Gasteiger charge is 2.49. The average Bonchev–Trinajstić information content (AvgIpc) is 3.45. The maximum atomic E-state index is 14.6. The Kier molecular flexibility index (Phi) is 4.50. The number of nitrogens with one attached hydrogen (secondary N) is 1. The quantitative estimate of drug-likeness (QED) is 0.647. The first-order valence-electron chi connectivity index (χ1n) is 9.34. The second-order valence-corrected chi connectivity index (χ2v) is 8.09. The number of aromatic nitrogens is 5. The zero-order chi connectivity index (χ0) is 20.0. The molecule has 1 N–H and O–H groups in total. The van der Waals surface area contributed by atoms with Gasteiger partial charge in [0.05, 0.1) is 34.5 Å². The summed E-state index contributed by atoms with van der Waals surface area (Å²) in [6.07, 6.45) is 8.90. The third kappa shape index (κ3) is 3.17. The van der Waals surface area contributed by atoms with E-state index in [0.717, 1.165) is 28.5 Å². The fourth-order valence-electron chi connectivity index (χ4n) is 4.37. The van der Waals surface area contributed by atoms with Crippen LogP contribution in [0, 0.1) is 5.82 Å². The zero-order valence-corrected chi connectivity index (χ0v) is 16.8. The van der Waals surface area contributed by atoms with Crippen molar-refractivity contribution in [2.24, 2.45) is 0 Å². The van der Waals surface area contributed by atoms with Gasteiger partial charge in [0, 0.05) is 18.4 Å². The number of halogens is 2. The van der Waals surface area contributed by atoms with Crippen LogP contribution in [0.3, 0.4) is 0 Å². The van der Waals surface area contributed by atoms with Gasteiger partial charge in [0.25, 0.3) is 5.91 Å². The summed E-state index contributed by atoms with van der Waals surface area (Å²) in [6.45, 7) is 0. The van der Waals surface area contributed by atoms with E-state index in [0.29, 0.717) is 5.95 Å². The van der Waals surface area contributed by atoms with Crippen LogP contribution in [0.15, 0.2) is 47.5 Å². The lowest BCUT2D eigenvalue weighted by Crippen LogP contribution is -2.40.